The molecule has 4 heteroatoms. The molecule has 1 heterocycles. The number of para-hydroxylation sites is 1. The first-order chi connectivity index (χ1) is 11.0. The normalized spacial score (nSPS) is 10.2. The second kappa shape index (κ2) is 9.06. The van der Waals surface area contributed by atoms with Crippen LogP contribution in [0.15, 0.2) is 55.3 Å². The van der Waals surface area contributed by atoms with Gasteiger partial charge < -0.3 is 5.11 Å². The number of rotatable bonds is 4. The smallest absolute Gasteiger partial charge is 0.339 e. The number of aromatic nitrogens is 2. The van der Waals surface area contributed by atoms with Crippen LogP contribution in [0.3, 0.4) is 0 Å². The molecule has 0 atom stereocenters. The van der Waals surface area contributed by atoms with Gasteiger partial charge in [0.1, 0.15) is 11.3 Å². The molecular weight excluding hydrogens is 288 g/mol. The van der Waals surface area contributed by atoms with Crippen molar-refractivity contribution in [2.45, 2.75) is 20.3 Å². The summed E-state index contributed by atoms with van der Waals surface area (Å²) in [5, 5.41) is 13.5. The van der Waals surface area contributed by atoms with Crippen LogP contribution in [0, 0.1) is 12.3 Å². The largest absolute Gasteiger partial charge is 0.478 e. The number of aromatic carboxylic acids is 1. The van der Waals surface area contributed by atoms with E-state index < -0.39 is 5.97 Å². The highest BCUT2D eigenvalue weighted by molar-refractivity contribution is 5.92. The van der Waals surface area contributed by atoms with Gasteiger partial charge in [0.15, 0.2) is 0 Å². The third-order valence-corrected chi connectivity index (χ3v) is 3.03. The third kappa shape index (κ3) is 5.01. The molecule has 0 bridgehead atoms. The zero-order valence-electron chi connectivity index (χ0n) is 13.4. The minimum absolute atomic E-state index is 0.217. The molecule has 0 saturated heterocycles. The first kappa shape index (κ1) is 18.0. The molecule has 1 aromatic carbocycles. The van der Waals surface area contributed by atoms with Gasteiger partial charge in [-0.25, -0.2) is 9.48 Å². The Morgan fingerprint density at radius 3 is 2.52 bits per heavy atom. The summed E-state index contributed by atoms with van der Waals surface area (Å²) >= 11 is 0. The first-order valence-corrected chi connectivity index (χ1v) is 7.11. The Bertz CT molecular complexity index is 734. The fourth-order valence-electron chi connectivity index (χ4n) is 1.75. The molecule has 0 amide bonds. The summed E-state index contributed by atoms with van der Waals surface area (Å²) in [4.78, 5) is 11.2. The lowest BCUT2D eigenvalue weighted by molar-refractivity contribution is 0.0696. The van der Waals surface area contributed by atoms with E-state index in [1.165, 1.54) is 0 Å². The highest BCUT2D eigenvalue weighted by Gasteiger charge is 2.16. The standard InChI is InChI=1S/C14H14N2O2.C5H6/c1-3-10(2)13-12(14(17)18)9-16(15-13)11-7-5-4-6-8-11;1-3-5-4-2/h3-9H,1-2H3,(H,17,18);1,4H,2,5H2/b10-3+;. The van der Waals surface area contributed by atoms with Crippen molar-refractivity contribution in [3.8, 4) is 18.0 Å². The Morgan fingerprint density at radius 2 is 2.09 bits per heavy atom. The average molecular weight is 308 g/mol. The maximum absolute atomic E-state index is 11.2. The minimum atomic E-state index is -0.964. The van der Waals surface area contributed by atoms with Crippen molar-refractivity contribution in [3.05, 3.63) is 66.5 Å². The number of benzene rings is 1. The van der Waals surface area contributed by atoms with Crippen molar-refractivity contribution in [1.82, 2.24) is 9.78 Å². The Kier molecular flexibility index (Phi) is 7.09. The predicted octanol–water partition coefficient (Wildman–Crippen LogP) is 4.19. The lowest BCUT2D eigenvalue weighted by Crippen LogP contribution is -1.98. The van der Waals surface area contributed by atoms with Gasteiger partial charge in [0, 0.05) is 12.6 Å². The van der Waals surface area contributed by atoms with E-state index >= 15 is 0 Å². The van der Waals surface area contributed by atoms with Gasteiger partial charge in [-0.2, -0.15) is 5.10 Å². The van der Waals surface area contributed by atoms with E-state index in [-0.39, 0.29) is 5.56 Å². The SMILES string of the molecule is C#CCC=C.C/C=C(\C)c1nn(-c2ccccc2)cc1C(=O)O. The van der Waals surface area contributed by atoms with Gasteiger partial charge >= 0.3 is 5.97 Å². The van der Waals surface area contributed by atoms with Crippen LogP contribution in [0.1, 0.15) is 36.3 Å². The molecule has 0 aliphatic rings. The highest BCUT2D eigenvalue weighted by Crippen LogP contribution is 2.19. The molecule has 0 saturated carbocycles. The summed E-state index contributed by atoms with van der Waals surface area (Å²) < 4.78 is 1.59. The molecule has 0 aliphatic heterocycles. The quantitative estimate of drug-likeness (QED) is 0.680. The molecule has 4 nitrogen and oxygen atoms in total. The molecule has 0 spiro atoms. The van der Waals surface area contributed by atoms with Crippen molar-refractivity contribution < 1.29 is 9.90 Å². The zero-order chi connectivity index (χ0) is 17.2. The van der Waals surface area contributed by atoms with E-state index in [2.05, 4.69) is 17.6 Å². The number of nitrogens with zero attached hydrogens (tertiary/aromatic N) is 2. The molecule has 118 valence electrons. The van der Waals surface area contributed by atoms with Crippen molar-refractivity contribution >= 4 is 11.5 Å². The summed E-state index contributed by atoms with van der Waals surface area (Å²) in [6, 6.07) is 9.45. The first-order valence-electron chi connectivity index (χ1n) is 7.11. The summed E-state index contributed by atoms with van der Waals surface area (Å²) in [5.41, 5.74) is 2.42. The van der Waals surface area contributed by atoms with Crippen LogP contribution < -0.4 is 0 Å². The van der Waals surface area contributed by atoms with Gasteiger partial charge in [-0.05, 0) is 31.6 Å². The fourth-order valence-corrected chi connectivity index (χ4v) is 1.75. The summed E-state index contributed by atoms with van der Waals surface area (Å²) in [6.07, 6.45) is 10.6. The number of allylic oxidation sites excluding steroid dienone is 3. The summed E-state index contributed by atoms with van der Waals surface area (Å²) in [6.45, 7) is 7.12. The molecule has 1 N–H and O–H groups in total. The molecule has 1 aromatic heterocycles. The van der Waals surface area contributed by atoms with Crippen molar-refractivity contribution in [2.75, 3.05) is 0 Å². The Hall–Kier alpha value is -3.06. The third-order valence-electron chi connectivity index (χ3n) is 3.03. The van der Waals surface area contributed by atoms with Crippen molar-refractivity contribution in [3.63, 3.8) is 0 Å². The fraction of sp³-hybridized carbons (Fsp3) is 0.158. The minimum Gasteiger partial charge on any atom is -0.478 e. The van der Waals surface area contributed by atoms with Gasteiger partial charge in [-0.15, -0.1) is 18.9 Å². The number of hydrogen-bond donors (Lipinski definition) is 1. The molecule has 0 radical (unpaired) electrons. The average Bonchev–Trinajstić information content (AvgIpc) is 3.02. The lowest BCUT2D eigenvalue weighted by atomic mass is 10.1. The van der Waals surface area contributed by atoms with E-state index in [1.54, 1.807) is 17.0 Å². The van der Waals surface area contributed by atoms with Crippen LogP contribution in [0.4, 0.5) is 0 Å². The van der Waals surface area contributed by atoms with Crippen LogP contribution in [-0.4, -0.2) is 20.9 Å². The van der Waals surface area contributed by atoms with E-state index in [1.807, 2.05) is 50.3 Å². The number of carboxylic acid groups (broad SMARTS) is 1. The monoisotopic (exact) mass is 308 g/mol. The van der Waals surface area contributed by atoms with E-state index in [0.29, 0.717) is 12.1 Å². The zero-order valence-corrected chi connectivity index (χ0v) is 13.4. The van der Waals surface area contributed by atoms with Gasteiger partial charge in [0.25, 0.3) is 0 Å². The topological polar surface area (TPSA) is 55.1 Å². The van der Waals surface area contributed by atoms with Crippen LogP contribution >= 0.6 is 0 Å². The molecule has 0 unspecified atom stereocenters. The van der Waals surface area contributed by atoms with Gasteiger partial charge in [-0.3, -0.25) is 0 Å². The van der Waals surface area contributed by atoms with Gasteiger partial charge in [0.2, 0.25) is 0 Å². The van der Waals surface area contributed by atoms with Crippen LogP contribution in [-0.2, 0) is 0 Å². The molecule has 0 fully saturated rings. The number of carboxylic acids is 1. The molecule has 0 aliphatic carbocycles. The molecule has 23 heavy (non-hydrogen) atoms. The molecule has 2 rings (SSSR count). The van der Waals surface area contributed by atoms with Gasteiger partial charge in [0.05, 0.1) is 5.69 Å². The van der Waals surface area contributed by atoms with Gasteiger partial charge in [-0.1, -0.05) is 30.4 Å². The lowest BCUT2D eigenvalue weighted by Gasteiger charge is -1.99. The summed E-state index contributed by atoms with van der Waals surface area (Å²) in [5.74, 6) is 1.43. The second-order valence-corrected chi connectivity index (χ2v) is 4.65. The Morgan fingerprint density at radius 1 is 1.43 bits per heavy atom. The van der Waals surface area contributed by atoms with E-state index in [9.17, 15) is 9.90 Å². The van der Waals surface area contributed by atoms with Crippen molar-refractivity contribution in [1.29, 1.82) is 0 Å². The Balaban J connectivity index is 0.000000463. The van der Waals surface area contributed by atoms with E-state index in [4.69, 9.17) is 6.42 Å². The number of carbonyl (C=O) groups is 1. The number of terminal acetylenes is 1. The van der Waals surface area contributed by atoms with Crippen LogP contribution in [0.2, 0.25) is 0 Å². The Labute approximate surface area is 136 Å². The van der Waals surface area contributed by atoms with Crippen molar-refractivity contribution in [2.24, 2.45) is 0 Å². The maximum Gasteiger partial charge on any atom is 0.339 e. The van der Waals surface area contributed by atoms with E-state index in [0.717, 1.165) is 11.3 Å². The molecule has 2 aromatic rings. The maximum atomic E-state index is 11.2. The number of hydrogen-bond acceptors (Lipinski definition) is 2. The highest BCUT2D eigenvalue weighted by atomic mass is 16.4. The summed E-state index contributed by atoms with van der Waals surface area (Å²) in [7, 11) is 0. The van der Waals surface area contributed by atoms with Crippen LogP contribution in [0.5, 0.6) is 0 Å². The van der Waals surface area contributed by atoms with Crippen LogP contribution in [0.25, 0.3) is 11.3 Å². The predicted molar refractivity (Wildman–Crippen MR) is 93.5 cm³/mol. The second-order valence-electron chi connectivity index (χ2n) is 4.65. The molecular formula is C19H20N2O2.